The second-order valence-electron chi connectivity index (χ2n) is 4.04. The number of aromatic nitrogens is 1. The van der Waals surface area contributed by atoms with Crippen molar-refractivity contribution in [2.24, 2.45) is 0 Å². The van der Waals surface area contributed by atoms with Gasteiger partial charge in [0.2, 0.25) is 0 Å². The Hall–Kier alpha value is -1.54. The first kappa shape index (κ1) is 16.5. The number of anilines is 2. The highest BCUT2D eigenvalue weighted by molar-refractivity contribution is 5.65. The first-order valence-electron chi connectivity index (χ1n) is 6.08. The van der Waals surface area contributed by atoms with Gasteiger partial charge >= 0.3 is 6.18 Å². The first-order valence-corrected chi connectivity index (χ1v) is 6.08. The van der Waals surface area contributed by atoms with Crippen molar-refractivity contribution >= 4 is 11.4 Å². The molecule has 0 radical (unpaired) electrons. The first-order chi connectivity index (χ1) is 9.45. The van der Waals surface area contributed by atoms with Crippen LogP contribution in [0.15, 0.2) is 12.3 Å². The van der Waals surface area contributed by atoms with Gasteiger partial charge in [0.15, 0.2) is 0 Å². The molecular formula is C12H18F3N3O2. The molecule has 8 heteroatoms. The number of ether oxygens (including phenoxy) is 2. The van der Waals surface area contributed by atoms with Gasteiger partial charge in [-0.05, 0) is 12.5 Å². The van der Waals surface area contributed by atoms with E-state index in [1.807, 2.05) is 0 Å². The monoisotopic (exact) mass is 293 g/mol. The molecule has 3 N–H and O–H groups in total. The molecule has 0 amide bonds. The highest BCUT2D eigenvalue weighted by Crippen LogP contribution is 2.30. The van der Waals surface area contributed by atoms with E-state index in [-0.39, 0.29) is 11.4 Å². The third-order valence-electron chi connectivity index (χ3n) is 2.44. The van der Waals surface area contributed by atoms with Gasteiger partial charge in [0.25, 0.3) is 0 Å². The summed E-state index contributed by atoms with van der Waals surface area (Å²) in [7, 11) is 1.58. The van der Waals surface area contributed by atoms with E-state index in [1.54, 1.807) is 7.11 Å². The van der Waals surface area contributed by atoms with Gasteiger partial charge in [0.05, 0.1) is 30.8 Å². The minimum Gasteiger partial charge on any atom is -0.396 e. The smallest absolute Gasteiger partial charge is 0.396 e. The van der Waals surface area contributed by atoms with Gasteiger partial charge in [-0.1, -0.05) is 0 Å². The van der Waals surface area contributed by atoms with Crippen LogP contribution < -0.4 is 11.1 Å². The molecule has 0 bridgehead atoms. The molecule has 1 aromatic rings. The van der Waals surface area contributed by atoms with Crippen LogP contribution in [0.1, 0.15) is 12.1 Å². The van der Waals surface area contributed by atoms with Crippen molar-refractivity contribution in [3.63, 3.8) is 0 Å². The van der Waals surface area contributed by atoms with Crippen LogP contribution in [0.5, 0.6) is 0 Å². The molecule has 0 unspecified atom stereocenters. The maximum Gasteiger partial charge on any atom is 0.433 e. The maximum absolute atomic E-state index is 12.5. The zero-order chi connectivity index (χ0) is 15.0. The summed E-state index contributed by atoms with van der Waals surface area (Å²) in [5, 5.41) is 2.84. The number of nitrogens with zero attached hydrogens (tertiary/aromatic N) is 1. The quantitative estimate of drug-likeness (QED) is 0.719. The topological polar surface area (TPSA) is 69.4 Å². The summed E-state index contributed by atoms with van der Waals surface area (Å²) in [6.07, 6.45) is -2.83. The van der Waals surface area contributed by atoms with Crippen molar-refractivity contribution in [3.8, 4) is 0 Å². The van der Waals surface area contributed by atoms with Gasteiger partial charge in [-0.25, -0.2) is 4.98 Å². The molecule has 1 heterocycles. The molecule has 20 heavy (non-hydrogen) atoms. The Morgan fingerprint density at radius 1 is 1.30 bits per heavy atom. The number of alkyl halides is 3. The Morgan fingerprint density at radius 2 is 2.05 bits per heavy atom. The predicted molar refractivity (Wildman–Crippen MR) is 69.5 cm³/mol. The number of hydrogen-bond donors (Lipinski definition) is 2. The third kappa shape index (κ3) is 5.62. The standard InChI is InChI=1S/C12H18F3N3O2/c1-19-5-6-20-4-2-3-17-10-7-11(12(13,14)15)18-8-9(10)16/h7-8H,2-6,16H2,1H3,(H,17,18). The van der Waals surface area contributed by atoms with Crippen LogP contribution in [-0.2, 0) is 15.7 Å². The Bertz CT molecular complexity index is 413. The lowest BCUT2D eigenvalue weighted by Crippen LogP contribution is -2.12. The van der Waals surface area contributed by atoms with E-state index in [9.17, 15) is 13.2 Å². The zero-order valence-electron chi connectivity index (χ0n) is 11.2. The molecule has 0 aromatic carbocycles. The molecule has 0 aliphatic carbocycles. The minimum atomic E-state index is -4.48. The zero-order valence-corrected chi connectivity index (χ0v) is 11.2. The van der Waals surface area contributed by atoms with Gasteiger partial charge in [0, 0.05) is 20.3 Å². The van der Waals surface area contributed by atoms with Gasteiger partial charge in [-0.2, -0.15) is 13.2 Å². The van der Waals surface area contributed by atoms with E-state index in [0.29, 0.717) is 32.8 Å². The van der Waals surface area contributed by atoms with E-state index >= 15 is 0 Å². The average Bonchev–Trinajstić information content (AvgIpc) is 2.38. The van der Waals surface area contributed by atoms with Crippen molar-refractivity contribution < 1.29 is 22.6 Å². The number of methoxy groups -OCH3 is 1. The molecule has 5 nitrogen and oxygen atoms in total. The van der Waals surface area contributed by atoms with Crippen molar-refractivity contribution in [1.82, 2.24) is 4.98 Å². The lowest BCUT2D eigenvalue weighted by atomic mass is 10.2. The van der Waals surface area contributed by atoms with Crippen molar-refractivity contribution in [1.29, 1.82) is 0 Å². The van der Waals surface area contributed by atoms with Crippen LogP contribution >= 0.6 is 0 Å². The van der Waals surface area contributed by atoms with Crippen LogP contribution in [0.4, 0.5) is 24.5 Å². The van der Waals surface area contributed by atoms with Crippen LogP contribution in [0.2, 0.25) is 0 Å². The molecule has 0 saturated heterocycles. The summed E-state index contributed by atoms with van der Waals surface area (Å²) in [5.74, 6) is 0. The van der Waals surface area contributed by atoms with Crippen LogP contribution in [0, 0.1) is 0 Å². The fourth-order valence-corrected chi connectivity index (χ4v) is 1.42. The number of nitrogens with two attached hydrogens (primary N) is 1. The van der Waals surface area contributed by atoms with Crippen LogP contribution in [-0.4, -0.2) is 38.5 Å². The number of halogens is 3. The van der Waals surface area contributed by atoms with E-state index < -0.39 is 11.9 Å². The number of pyridine rings is 1. The fourth-order valence-electron chi connectivity index (χ4n) is 1.42. The molecule has 0 spiro atoms. The summed E-state index contributed by atoms with van der Waals surface area (Å²) in [5.41, 5.74) is 5.01. The Morgan fingerprint density at radius 3 is 2.70 bits per heavy atom. The Balaban J connectivity index is 2.40. The lowest BCUT2D eigenvalue weighted by Gasteiger charge is -2.12. The van der Waals surface area contributed by atoms with E-state index in [4.69, 9.17) is 15.2 Å². The van der Waals surface area contributed by atoms with Gasteiger partial charge in [-0.3, -0.25) is 0 Å². The molecule has 114 valence electrons. The largest absolute Gasteiger partial charge is 0.433 e. The average molecular weight is 293 g/mol. The SMILES string of the molecule is COCCOCCCNc1cc(C(F)(F)F)ncc1N. The molecule has 1 rings (SSSR count). The molecule has 0 fully saturated rings. The molecule has 0 atom stereocenters. The Kier molecular flexibility index (Phi) is 6.53. The van der Waals surface area contributed by atoms with Gasteiger partial charge in [-0.15, -0.1) is 0 Å². The fraction of sp³-hybridized carbons (Fsp3) is 0.583. The number of hydrogen-bond acceptors (Lipinski definition) is 5. The van der Waals surface area contributed by atoms with Crippen molar-refractivity contribution in [3.05, 3.63) is 18.0 Å². The number of nitrogen functional groups attached to an aromatic ring is 1. The van der Waals surface area contributed by atoms with E-state index in [1.165, 1.54) is 0 Å². The lowest BCUT2D eigenvalue weighted by molar-refractivity contribution is -0.141. The highest BCUT2D eigenvalue weighted by atomic mass is 19.4. The van der Waals surface area contributed by atoms with E-state index in [2.05, 4.69) is 10.3 Å². The molecule has 0 saturated carbocycles. The molecule has 1 aromatic heterocycles. The van der Waals surface area contributed by atoms with Crippen molar-refractivity contribution in [2.75, 3.05) is 44.5 Å². The van der Waals surface area contributed by atoms with E-state index in [0.717, 1.165) is 12.3 Å². The second kappa shape index (κ2) is 7.91. The molecule has 0 aliphatic rings. The number of rotatable bonds is 8. The Labute approximate surface area is 115 Å². The van der Waals surface area contributed by atoms with Crippen molar-refractivity contribution in [2.45, 2.75) is 12.6 Å². The summed E-state index contributed by atoms with van der Waals surface area (Å²) < 4.78 is 47.5. The predicted octanol–water partition coefficient (Wildman–Crippen LogP) is 2.15. The number of nitrogens with one attached hydrogen (secondary N) is 1. The summed E-state index contributed by atoms with van der Waals surface area (Å²) in [4.78, 5) is 3.26. The highest BCUT2D eigenvalue weighted by Gasteiger charge is 2.32. The van der Waals surface area contributed by atoms with Gasteiger partial charge < -0.3 is 20.5 Å². The third-order valence-corrected chi connectivity index (χ3v) is 2.44. The minimum absolute atomic E-state index is 0.179. The van der Waals surface area contributed by atoms with Crippen LogP contribution in [0.3, 0.4) is 0 Å². The summed E-state index contributed by atoms with van der Waals surface area (Å²) in [6.45, 7) is 1.96. The second-order valence-corrected chi connectivity index (χ2v) is 4.04. The summed E-state index contributed by atoms with van der Waals surface area (Å²) in [6, 6.07) is 0.904. The molecular weight excluding hydrogens is 275 g/mol. The maximum atomic E-state index is 12.5. The summed E-state index contributed by atoms with van der Waals surface area (Å²) >= 11 is 0. The normalized spacial score (nSPS) is 11.6. The molecule has 0 aliphatic heterocycles. The van der Waals surface area contributed by atoms with Gasteiger partial charge in [0.1, 0.15) is 5.69 Å². The van der Waals surface area contributed by atoms with Crippen LogP contribution in [0.25, 0.3) is 0 Å².